The fourth-order valence-electron chi connectivity index (χ4n) is 2.83. The lowest BCUT2D eigenvalue weighted by atomic mass is 9.92. The first-order valence-electron chi connectivity index (χ1n) is 7.97. The molecular formula is C16H26N2O3S. The van der Waals surface area contributed by atoms with Crippen LogP contribution in [0.1, 0.15) is 45.4 Å². The molecule has 0 bridgehead atoms. The summed E-state index contributed by atoms with van der Waals surface area (Å²) in [6, 6.07) is 6.55. The predicted octanol–water partition coefficient (Wildman–Crippen LogP) is 2.42. The molecule has 1 aliphatic carbocycles. The van der Waals surface area contributed by atoms with Crippen molar-refractivity contribution in [2.45, 2.75) is 55.9 Å². The Balaban J connectivity index is 2.05. The van der Waals surface area contributed by atoms with Gasteiger partial charge in [0.15, 0.2) is 0 Å². The molecule has 124 valence electrons. The van der Waals surface area contributed by atoms with Gasteiger partial charge in [-0.15, -0.1) is 0 Å². The number of hydrogen-bond acceptors (Lipinski definition) is 4. The summed E-state index contributed by atoms with van der Waals surface area (Å²) in [5.74, 6) is 0.558. The molecule has 0 aromatic heterocycles. The second-order valence-electron chi connectivity index (χ2n) is 6.01. The molecule has 22 heavy (non-hydrogen) atoms. The van der Waals surface area contributed by atoms with E-state index in [1.165, 1.54) is 12.8 Å². The van der Waals surface area contributed by atoms with Crippen LogP contribution in [0.5, 0.6) is 5.75 Å². The third kappa shape index (κ3) is 4.69. The molecule has 1 aliphatic rings. The maximum atomic E-state index is 12.4. The Labute approximate surface area is 133 Å². The van der Waals surface area contributed by atoms with Gasteiger partial charge in [0.05, 0.1) is 11.5 Å². The van der Waals surface area contributed by atoms with Crippen LogP contribution in [-0.2, 0) is 10.0 Å². The van der Waals surface area contributed by atoms with E-state index < -0.39 is 15.6 Å². The summed E-state index contributed by atoms with van der Waals surface area (Å²) in [7, 11) is -3.56. The van der Waals surface area contributed by atoms with Crippen molar-refractivity contribution >= 4 is 10.0 Å². The molecule has 2 rings (SSSR count). The fraction of sp³-hybridized carbons (Fsp3) is 0.625. The average Bonchev–Trinajstić information content (AvgIpc) is 2.72. The highest BCUT2D eigenvalue weighted by atomic mass is 32.2. The smallest absolute Gasteiger partial charge is 0.240 e. The Bertz CT molecular complexity index is 579. The van der Waals surface area contributed by atoms with Gasteiger partial charge < -0.3 is 10.5 Å². The molecule has 6 heteroatoms. The zero-order chi connectivity index (χ0) is 16.1. The van der Waals surface area contributed by atoms with E-state index in [0.29, 0.717) is 12.4 Å². The molecule has 1 saturated carbocycles. The second kappa shape index (κ2) is 7.44. The van der Waals surface area contributed by atoms with Gasteiger partial charge in [-0.3, -0.25) is 0 Å². The Hall–Kier alpha value is -1.11. The summed E-state index contributed by atoms with van der Waals surface area (Å²) in [6.45, 7) is 2.65. The lowest BCUT2D eigenvalue weighted by Gasteiger charge is -2.28. The number of nitrogens with one attached hydrogen (secondary N) is 1. The average molecular weight is 326 g/mol. The molecule has 0 atom stereocenters. The minimum absolute atomic E-state index is 0.218. The lowest BCUT2D eigenvalue weighted by molar-refractivity contribution is 0.339. The van der Waals surface area contributed by atoms with Crippen molar-refractivity contribution in [1.29, 1.82) is 0 Å². The third-order valence-corrected chi connectivity index (χ3v) is 5.54. The van der Waals surface area contributed by atoms with Crippen molar-refractivity contribution in [3.05, 3.63) is 24.3 Å². The van der Waals surface area contributed by atoms with Crippen LogP contribution in [0.4, 0.5) is 0 Å². The number of benzene rings is 1. The zero-order valence-electron chi connectivity index (χ0n) is 13.2. The van der Waals surface area contributed by atoms with Crippen molar-refractivity contribution in [1.82, 2.24) is 4.72 Å². The first kappa shape index (κ1) is 17.2. The minimum atomic E-state index is -3.56. The predicted molar refractivity (Wildman–Crippen MR) is 87.4 cm³/mol. The van der Waals surface area contributed by atoms with Gasteiger partial charge in [-0.2, -0.15) is 0 Å². The highest BCUT2D eigenvalue weighted by Crippen LogP contribution is 2.25. The van der Waals surface area contributed by atoms with Crippen LogP contribution >= 0.6 is 0 Å². The maximum absolute atomic E-state index is 12.4. The van der Waals surface area contributed by atoms with E-state index in [9.17, 15) is 8.42 Å². The van der Waals surface area contributed by atoms with Crippen LogP contribution in [0.3, 0.4) is 0 Å². The molecule has 0 heterocycles. The van der Waals surface area contributed by atoms with E-state index in [1.54, 1.807) is 24.3 Å². The summed E-state index contributed by atoms with van der Waals surface area (Å²) in [5, 5.41) is 0. The number of rotatable bonds is 6. The normalized spacial score (nSPS) is 18.6. The van der Waals surface area contributed by atoms with Crippen LogP contribution in [0.2, 0.25) is 0 Å². The molecule has 0 saturated heterocycles. The van der Waals surface area contributed by atoms with Crippen molar-refractivity contribution in [3.63, 3.8) is 0 Å². The molecule has 5 nitrogen and oxygen atoms in total. The highest BCUT2D eigenvalue weighted by Gasteiger charge is 2.28. The summed E-state index contributed by atoms with van der Waals surface area (Å²) < 4.78 is 32.9. The van der Waals surface area contributed by atoms with Crippen LogP contribution in [-0.4, -0.2) is 27.1 Å². The van der Waals surface area contributed by atoms with Gasteiger partial charge in [-0.1, -0.05) is 31.7 Å². The minimum Gasteiger partial charge on any atom is -0.494 e. The Morgan fingerprint density at radius 3 is 2.55 bits per heavy atom. The molecule has 1 aromatic rings. The van der Waals surface area contributed by atoms with Crippen molar-refractivity contribution in [2.24, 2.45) is 5.73 Å². The van der Waals surface area contributed by atoms with Crippen LogP contribution in [0.25, 0.3) is 0 Å². The molecular weight excluding hydrogens is 300 g/mol. The largest absolute Gasteiger partial charge is 0.494 e. The summed E-state index contributed by atoms with van der Waals surface area (Å²) >= 11 is 0. The Morgan fingerprint density at radius 2 is 1.91 bits per heavy atom. The van der Waals surface area contributed by atoms with Crippen molar-refractivity contribution in [3.8, 4) is 5.75 Å². The Morgan fingerprint density at radius 1 is 1.23 bits per heavy atom. The fourth-order valence-corrected chi connectivity index (χ4v) is 4.00. The highest BCUT2D eigenvalue weighted by molar-refractivity contribution is 7.89. The van der Waals surface area contributed by atoms with Gasteiger partial charge in [0.1, 0.15) is 5.75 Å². The zero-order valence-corrected chi connectivity index (χ0v) is 14.0. The molecule has 0 unspecified atom stereocenters. The molecule has 0 radical (unpaired) electrons. The van der Waals surface area contributed by atoms with Gasteiger partial charge in [-0.25, -0.2) is 13.1 Å². The second-order valence-corrected chi connectivity index (χ2v) is 7.78. The van der Waals surface area contributed by atoms with E-state index in [4.69, 9.17) is 10.5 Å². The quantitative estimate of drug-likeness (QED) is 0.787. The van der Waals surface area contributed by atoms with Crippen molar-refractivity contribution in [2.75, 3.05) is 13.2 Å². The van der Waals surface area contributed by atoms with E-state index in [1.807, 2.05) is 6.92 Å². The number of sulfonamides is 1. The van der Waals surface area contributed by atoms with Crippen LogP contribution in [0.15, 0.2) is 29.2 Å². The van der Waals surface area contributed by atoms with E-state index in [-0.39, 0.29) is 11.4 Å². The standard InChI is InChI=1S/C16H26N2O3S/c1-2-21-14-8-7-9-15(12-14)22(19,20)18-13-16(17)10-5-3-4-6-11-16/h7-9,12,18H,2-6,10-11,13,17H2,1H3. The molecule has 3 N–H and O–H groups in total. The Kier molecular flexibility index (Phi) is 5.83. The van der Waals surface area contributed by atoms with Gasteiger partial charge in [0, 0.05) is 18.2 Å². The SMILES string of the molecule is CCOc1cccc(S(=O)(=O)NCC2(N)CCCCCC2)c1. The van der Waals surface area contributed by atoms with Gasteiger partial charge in [-0.05, 0) is 31.9 Å². The third-order valence-electron chi connectivity index (χ3n) is 4.14. The topological polar surface area (TPSA) is 81.4 Å². The first-order valence-corrected chi connectivity index (χ1v) is 9.45. The molecule has 1 aromatic carbocycles. The van der Waals surface area contributed by atoms with Crippen LogP contribution < -0.4 is 15.2 Å². The summed E-state index contributed by atoms with van der Waals surface area (Å²) in [4.78, 5) is 0.218. The van der Waals surface area contributed by atoms with E-state index in [2.05, 4.69) is 4.72 Å². The van der Waals surface area contributed by atoms with E-state index in [0.717, 1.165) is 25.7 Å². The van der Waals surface area contributed by atoms with Gasteiger partial charge in [0.2, 0.25) is 10.0 Å². The number of hydrogen-bond donors (Lipinski definition) is 2. The number of nitrogens with two attached hydrogens (primary N) is 1. The van der Waals surface area contributed by atoms with Gasteiger partial charge >= 0.3 is 0 Å². The van der Waals surface area contributed by atoms with E-state index >= 15 is 0 Å². The summed E-state index contributed by atoms with van der Waals surface area (Å²) in [6.07, 6.45) is 6.24. The molecule has 1 fully saturated rings. The molecule has 0 spiro atoms. The lowest BCUT2D eigenvalue weighted by Crippen LogP contribution is -2.49. The van der Waals surface area contributed by atoms with Gasteiger partial charge in [0.25, 0.3) is 0 Å². The monoisotopic (exact) mass is 326 g/mol. The molecule has 0 amide bonds. The van der Waals surface area contributed by atoms with Crippen molar-refractivity contribution < 1.29 is 13.2 Å². The number of ether oxygens (including phenoxy) is 1. The summed E-state index contributed by atoms with van der Waals surface area (Å²) in [5.41, 5.74) is 5.94. The molecule has 0 aliphatic heterocycles. The maximum Gasteiger partial charge on any atom is 0.240 e. The first-order chi connectivity index (χ1) is 10.5. The van der Waals surface area contributed by atoms with Crippen LogP contribution in [0, 0.1) is 0 Å².